The molecule has 19 heavy (non-hydrogen) atoms. The molecule has 1 amide bonds. The maximum atomic E-state index is 12.1. The Hall–Kier alpha value is -2.17. The molecule has 0 aromatic carbocycles. The molecule has 100 valence electrons. The molecular weight excluding hydrogens is 244 g/mol. The number of rotatable bonds is 4. The standard InChI is InChI=1S/C14H16N2O3/c17-13(16-9-10-5-7-15-8-6-10)11-3-1-2-4-12(11)14(18)19/h1-2,5-8,11-12H,3-4,9H2,(H,16,17)(H,18,19)/t11-,12-/m1/s1. The van der Waals surface area contributed by atoms with Crippen LogP contribution in [0.4, 0.5) is 0 Å². The maximum absolute atomic E-state index is 12.1. The van der Waals surface area contributed by atoms with Gasteiger partial charge in [0.2, 0.25) is 5.91 Å². The van der Waals surface area contributed by atoms with E-state index in [0.29, 0.717) is 19.4 Å². The Balaban J connectivity index is 1.95. The number of pyridine rings is 1. The van der Waals surface area contributed by atoms with Crippen LogP contribution in [0.25, 0.3) is 0 Å². The summed E-state index contributed by atoms with van der Waals surface area (Å²) < 4.78 is 0. The van der Waals surface area contributed by atoms with Crippen molar-refractivity contribution < 1.29 is 14.7 Å². The summed E-state index contributed by atoms with van der Waals surface area (Å²) in [5.41, 5.74) is 0.946. The second-order valence-electron chi connectivity index (χ2n) is 4.57. The van der Waals surface area contributed by atoms with Crippen LogP contribution in [-0.2, 0) is 16.1 Å². The van der Waals surface area contributed by atoms with E-state index in [4.69, 9.17) is 5.11 Å². The lowest BCUT2D eigenvalue weighted by Gasteiger charge is -2.24. The number of aliphatic carboxylic acids is 1. The first kappa shape index (κ1) is 13.3. The van der Waals surface area contributed by atoms with Crippen LogP contribution in [0, 0.1) is 11.8 Å². The lowest BCUT2D eigenvalue weighted by atomic mass is 9.82. The Bertz CT molecular complexity index is 485. The van der Waals surface area contributed by atoms with E-state index in [2.05, 4.69) is 10.3 Å². The number of carbonyl (C=O) groups is 2. The van der Waals surface area contributed by atoms with E-state index in [9.17, 15) is 9.59 Å². The summed E-state index contributed by atoms with van der Waals surface area (Å²) >= 11 is 0. The molecule has 0 spiro atoms. The predicted molar refractivity (Wildman–Crippen MR) is 69.1 cm³/mol. The number of hydrogen-bond donors (Lipinski definition) is 2. The minimum atomic E-state index is -0.909. The zero-order chi connectivity index (χ0) is 13.7. The fourth-order valence-corrected chi connectivity index (χ4v) is 2.20. The van der Waals surface area contributed by atoms with Crippen LogP contribution in [0.5, 0.6) is 0 Å². The van der Waals surface area contributed by atoms with Gasteiger partial charge in [0.05, 0.1) is 11.8 Å². The van der Waals surface area contributed by atoms with Crippen molar-refractivity contribution in [2.75, 3.05) is 0 Å². The van der Waals surface area contributed by atoms with E-state index in [1.165, 1.54) is 0 Å². The number of aromatic nitrogens is 1. The van der Waals surface area contributed by atoms with Crippen LogP contribution in [0.15, 0.2) is 36.7 Å². The number of nitrogens with one attached hydrogen (secondary N) is 1. The number of carbonyl (C=O) groups excluding carboxylic acids is 1. The van der Waals surface area contributed by atoms with Crippen molar-refractivity contribution >= 4 is 11.9 Å². The summed E-state index contributed by atoms with van der Waals surface area (Å²) in [6.07, 6.45) is 7.92. The Morgan fingerprint density at radius 3 is 2.47 bits per heavy atom. The SMILES string of the molecule is O=C(O)[C@@H]1CC=CC[C@H]1C(=O)NCc1ccncc1. The van der Waals surface area contributed by atoms with E-state index in [1.54, 1.807) is 12.4 Å². The summed E-state index contributed by atoms with van der Waals surface area (Å²) in [6.45, 7) is 0.397. The molecule has 1 heterocycles. The van der Waals surface area contributed by atoms with Gasteiger partial charge in [-0.05, 0) is 30.5 Å². The van der Waals surface area contributed by atoms with E-state index in [1.807, 2.05) is 24.3 Å². The minimum absolute atomic E-state index is 0.200. The van der Waals surface area contributed by atoms with Gasteiger partial charge in [-0.3, -0.25) is 14.6 Å². The molecule has 0 saturated carbocycles. The quantitative estimate of drug-likeness (QED) is 0.801. The van der Waals surface area contributed by atoms with Crippen LogP contribution in [0.1, 0.15) is 18.4 Å². The van der Waals surface area contributed by atoms with Crippen molar-refractivity contribution in [2.24, 2.45) is 11.8 Å². The molecule has 0 aliphatic heterocycles. The number of carboxylic acids is 1. The fraction of sp³-hybridized carbons (Fsp3) is 0.357. The highest BCUT2D eigenvalue weighted by Crippen LogP contribution is 2.26. The Morgan fingerprint density at radius 1 is 1.21 bits per heavy atom. The van der Waals surface area contributed by atoms with E-state index >= 15 is 0 Å². The zero-order valence-corrected chi connectivity index (χ0v) is 10.5. The Labute approximate surface area is 111 Å². The van der Waals surface area contributed by atoms with Crippen LogP contribution in [0.3, 0.4) is 0 Å². The molecule has 1 aliphatic rings. The highest BCUT2D eigenvalue weighted by atomic mass is 16.4. The van der Waals surface area contributed by atoms with Gasteiger partial charge < -0.3 is 10.4 Å². The molecule has 0 fully saturated rings. The number of hydrogen-bond acceptors (Lipinski definition) is 3. The van der Waals surface area contributed by atoms with Gasteiger partial charge in [0.1, 0.15) is 0 Å². The molecule has 0 unspecified atom stereocenters. The van der Waals surface area contributed by atoms with Gasteiger partial charge in [-0.2, -0.15) is 0 Å². The third-order valence-electron chi connectivity index (χ3n) is 3.30. The number of nitrogens with zero attached hydrogens (tertiary/aromatic N) is 1. The first-order chi connectivity index (χ1) is 9.18. The molecule has 0 bridgehead atoms. The molecule has 1 aromatic heterocycles. The van der Waals surface area contributed by atoms with Crippen LogP contribution in [-0.4, -0.2) is 22.0 Å². The summed E-state index contributed by atoms with van der Waals surface area (Å²) in [4.78, 5) is 27.1. The van der Waals surface area contributed by atoms with Gasteiger partial charge in [-0.15, -0.1) is 0 Å². The molecule has 5 nitrogen and oxygen atoms in total. The molecular formula is C14H16N2O3. The van der Waals surface area contributed by atoms with Gasteiger partial charge in [-0.25, -0.2) is 0 Å². The van der Waals surface area contributed by atoms with Crippen molar-refractivity contribution in [3.05, 3.63) is 42.2 Å². The highest BCUT2D eigenvalue weighted by molar-refractivity contribution is 5.85. The second-order valence-corrected chi connectivity index (χ2v) is 4.57. The average Bonchev–Trinajstić information content (AvgIpc) is 2.46. The highest BCUT2D eigenvalue weighted by Gasteiger charge is 2.33. The summed E-state index contributed by atoms with van der Waals surface area (Å²) in [7, 11) is 0. The molecule has 5 heteroatoms. The summed E-state index contributed by atoms with van der Waals surface area (Å²) in [5, 5.41) is 11.9. The third-order valence-corrected chi connectivity index (χ3v) is 3.30. The Morgan fingerprint density at radius 2 is 1.84 bits per heavy atom. The van der Waals surface area contributed by atoms with Gasteiger partial charge in [0.15, 0.2) is 0 Å². The van der Waals surface area contributed by atoms with Gasteiger partial charge >= 0.3 is 5.97 Å². The van der Waals surface area contributed by atoms with Gasteiger partial charge in [0, 0.05) is 18.9 Å². The monoisotopic (exact) mass is 260 g/mol. The lowest BCUT2D eigenvalue weighted by Crippen LogP contribution is -2.38. The number of carboxylic acid groups (broad SMARTS) is 1. The molecule has 1 aliphatic carbocycles. The smallest absolute Gasteiger partial charge is 0.307 e. The average molecular weight is 260 g/mol. The summed E-state index contributed by atoms with van der Waals surface area (Å²) in [5.74, 6) is -2.21. The topological polar surface area (TPSA) is 79.3 Å². The first-order valence-electron chi connectivity index (χ1n) is 6.23. The van der Waals surface area contributed by atoms with Crippen LogP contribution < -0.4 is 5.32 Å². The first-order valence-corrected chi connectivity index (χ1v) is 6.23. The number of allylic oxidation sites excluding steroid dienone is 2. The van der Waals surface area contributed by atoms with Crippen LogP contribution in [0.2, 0.25) is 0 Å². The normalized spacial score (nSPS) is 21.9. The van der Waals surface area contributed by atoms with Crippen molar-refractivity contribution in [2.45, 2.75) is 19.4 Å². The zero-order valence-electron chi connectivity index (χ0n) is 10.5. The fourth-order valence-electron chi connectivity index (χ4n) is 2.20. The van der Waals surface area contributed by atoms with Crippen molar-refractivity contribution in [3.63, 3.8) is 0 Å². The van der Waals surface area contributed by atoms with Crippen molar-refractivity contribution in [3.8, 4) is 0 Å². The third kappa shape index (κ3) is 3.40. The minimum Gasteiger partial charge on any atom is -0.481 e. The number of amides is 1. The van der Waals surface area contributed by atoms with E-state index in [-0.39, 0.29) is 5.91 Å². The molecule has 0 saturated heterocycles. The van der Waals surface area contributed by atoms with E-state index in [0.717, 1.165) is 5.56 Å². The lowest BCUT2D eigenvalue weighted by molar-refractivity contribution is -0.147. The molecule has 0 radical (unpaired) electrons. The van der Waals surface area contributed by atoms with Gasteiger partial charge in [0.25, 0.3) is 0 Å². The summed E-state index contributed by atoms with van der Waals surface area (Å²) in [6, 6.07) is 3.63. The van der Waals surface area contributed by atoms with Crippen LogP contribution >= 0.6 is 0 Å². The second kappa shape index (κ2) is 6.13. The molecule has 2 atom stereocenters. The molecule has 2 rings (SSSR count). The maximum Gasteiger partial charge on any atom is 0.307 e. The predicted octanol–water partition coefficient (Wildman–Crippen LogP) is 1.36. The van der Waals surface area contributed by atoms with E-state index < -0.39 is 17.8 Å². The van der Waals surface area contributed by atoms with Crippen molar-refractivity contribution in [1.29, 1.82) is 0 Å². The van der Waals surface area contributed by atoms with Gasteiger partial charge in [-0.1, -0.05) is 12.2 Å². The Kier molecular flexibility index (Phi) is 4.28. The largest absolute Gasteiger partial charge is 0.481 e. The van der Waals surface area contributed by atoms with Crippen molar-refractivity contribution in [1.82, 2.24) is 10.3 Å². The molecule has 1 aromatic rings. The molecule has 2 N–H and O–H groups in total.